The molecule has 1 rings (SSSR count). The van der Waals surface area contributed by atoms with Crippen LogP contribution in [0.5, 0.6) is 0 Å². The van der Waals surface area contributed by atoms with Crippen LogP contribution in [-0.2, 0) is 0 Å². The molecule has 1 N–H and O–H groups in total. The number of hydrogen-bond acceptors (Lipinski definition) is 2. The van der Waals surface area contributed by atoms with E-state index in [9.17, 15) is 4.39 Å². The normalized spacial score (nSPS) is 12.9. The van der Waals surface area contributed by atoms with E-state index in [0.29, 0.717) is 11.8 Å². The molecule has 0 aliphatic carbocycles. The third-order valence-corrected chi connectivity index (χ3v) is 2.47. The zero-order valence-corrected chi connectivity index (χ0v) is 8.92. The number of hydrogen-bond donors (Lipinski definition) is 1. The molecule has 0 amide bonds. The van der Waals surface area contributed by atoms with Crippen molar-refractivity contribution in [1.29, 1.82) is 0 Å². The molecule has 0 aromatic carbocycles. The summed E-state index contributed by atoms with van der Waals surface area (Å²) in [6.07, 6.45) is 1.22. The second-order valence-corrected chi connectivity index (χ2v) is 3.96. The number of nitrogens with zero attached hydrogens (tertiary/aromatic N) is 1. The fourth-order valence-corrected chi connectivity index (χ4v) is 0.982. The largest absolute Gasteiger partial charge is 0.370 e. The molecule has 0 radical (unpaired) electrons. The van der Waals surface area contributed by atoms with Crippen LogP contribution in [0.4, 0.5) is 10.2 Å². The first-order valence-corrected chi connectivity index (χ1v) is 4.95. The third kappa shape index (κ3) is 3.32. The molecule has 0 saturated heterocycles. The van der Waals surface area contributed by atoms with Crippen LogP contribution in [0, 0.1) is 17.7 Å². The Balaban J connectivity index is 2.42. The van der Waals surface area contributed by atoms with Gasteiger partial charge in [0.25, 0.3) is 0 Å². The topological polar surface area (TPSA) is 24.9 Å². The van der Waals surface area contributed by atoms with Gasteiger partial charge in [-0.2, -0.15) is 0 Å². The molecule has 0 aliphatic heterocycles. The average Bonchev–Trinajstić information content (AvgIpc) is 2.16. The lowest BCUT2D eigenvalue weighted by atomic mass is 9.98. The van der Waals surface area contributed by atoms with Gasteiger partial charge in [-0.05, 0) is 24.0 Å². The number of rotatable bonds is 4. The maximum atomic E-state index is 12.5. The Kier molecular flexibility index (Phi) is 3.86. The predicted octanol–water partition coefficient (Wildman–Crippen LogP) is 2.92. The van der Waals surface area contributed by atoms with Crippen molar-refractivity contribution in [1.82, 2.24) is 4.98 Å². The van der Waals surface area contributed by atoms with Crippen molar-refractivity contribution in [3.63, 3.8) is 0 Å². The Morgan fingerprint density at radius 3 is 2.57 bits per heavy atom. The number of nitrogens with one attached hydrogen (secondary N) is 1. The lowest BCUT2D eigenvalue weighted by molar-refractivity contribution is 0.439. The molecule has 0 fully saturated rings. The quantitative estimate of drug-likeness (QED) is 0.800. The van der Waals surface area contributed by atoms with E-state index in [0.717, 1.165) is 12.4 Å². The fraction of sp³-hybridized carbons (Fsp3) is 0.545. The van der Waals surface area contributed by atoms with Gasteiger partial charge in [0, 0.05) is 6.54 Å². The summed E-state index contributed by atoms with van der Waals surface area (Å²) in [6.45, 7) is 7.42. The second-order valence-electron chi connectivity index (χ2n) is 3.96. The summed E-state index contributed by atoms with van der Waals surface area (Å²) < 4.78 is 12.5. The minimum absolute atomic E-state index is 0.299. The molecule has 0 saturated carbocycles. The van der Waals surface area contributed by atoms with E-state index >= 15 is 0 Å². The molecular formula is C11H17FN2. The van der Waals surface area contributed by atoms with Crippen molar-refractivity contribution in [3.05, 3.63) is 24.1 Å². The van der Waals surface area contributed by atoms with Crippen molar-refractivity contribution < 1.29 is 4.39 Å². The van der Waals surface area contributed by atoms with Gasteiger partial charge in [-0.25, -0.2) is 9.37 Å². The van der Waals surface area contributed by atoms with Crippen molar-refractivity contribution in [2.45, 2.75) is 20.8 Å². The number of anilines is 1. The standard InChI is InChI=1S/C11H17FN2/c1-8(2)9(3)6-13-11-5-4-10(12)7-14-11/h4-5,7-9H,6H2,1-3H3,(H,13,14). The highest BCUT2D eigenvalue weighted by molar-refractivity contribution is 5.33. The van der Waals surface area contributed by atoms with Gasteiger partial charge in [0.15, 0.2) is 0 Å². The molecule has 1 unspecified atom stereocenters. The highest BCUT2D eigenvalue weighted by Gasteiger charge is 2.06. The Hall–Kier alpha value is -1.12. The van der Waals surface area contributed by atoms with Gasteiger partial charge in [-0.3, -0.25) is 0 Å². The zero-order chi connectivity index (χ0) is 10.6. The number of halogens is 1. The van der Waals surface area contributed by atoms with Crippen LogP contribution >= 0.6 is 0 Å². The SMILES string of the molecule is CC(C)C(C)CNc1ccc(F)cn1. The smallest absolute Gasteiger partial charge is 0.141 e. The molecule has 0 bridgehead atoms. The summed E-state index contributed by atoms with van der Waals surface area (Å²) in [5, 5.41) is 3.18. The summed E-state index contributed by atoms with van der Waals surface area (Å²) in [7, 11) is 0. The van der Waals surface area contributed by atoms with Crippen LogP contribution in [0.1, 0.15) is 20.8 Å². The van der Waals surface area contributed by atoms with E-state index in [4.69, 9.17) is 0 Å². The minimum atomic E-state index is -0.299. The summed E-state index contributed by atoms with van der Waals surface area (Å²) in [6, 6.07) is 3.07. The monoisotopic (exact) mass is 196 g/mol. The summed E-state index contributed by atoms with van der Waals surface area (Å²) in [5.41, 5.74) is 0. The van der Waals surface area contributed by atoms with E-state index in [2.05, 4.69) is 31.1 Å². The first-order valence-electron chi connectivity index (χ1n) is 4.95. The van der Waals surface area contributed by atoms with E-state index in [1.807, 2.05) is 0 Å². The van der Waals surface area contributed by atoms with Gasteiger partial charge in [-0.15, -0.1) is 0 Å². The van der Waals surface area contributed by atoms with E-state index < -0.39 is 0 Å². The molecule has 1 heterocycles. The second kappa shape index (κ2) is 4.94. The van der Waals surface area contributed by atoms with Gasteiger partial charge in [0.05, 0.1) is 6.20 Å². The van der Waals surface area contributed by atoms with Crippen LogP contribution in [-0.4, -0.2) is 11.5 Å². The summed E-state index contributed by atoms with van der Waals surface area (Å²) in [5.74, 6) is 1.66. The molecule has 1 aromatic heterocycles. The van der Waals surface area contributed by atoms with Crippen molar-refractivity contribution >= 4 is 5.82 Å². The maximum absolute atomic E-state index is 12.5. The van der Waals surface area contributed by atoms with Crippen molar-refractivity contribution in [3.8, 4) is 0 Å². The highest BCUT2D eigenvalue weighted by atomic mass is 19.1. The Morgan fingerprint density at radius 2 is 2.07 bits per heavy atom. The van der Waals surface area contributed by atoms with Gasteiger partial charge < -0.3 is 5.32 Å². The Morgan fingerprint density at radius 1 is 1.36 bits per heavy atom. The molecule has 14 heavy (non-hydrogen) atoms. The number of aromatic nitrogens is 1. The Bertz CT molecular complexity index is 269. The summed E-state index contributed by atoms with van der Waals surface area (Å²) >= 11 is 0. The van der Waals surface area contributed by atoms with Crippen LogP contribution in [0.2, 0.25) is 0 Å². The molecule has 1 aromatic rings. The first kappa shape index (κ1) is 11.0. The fourth-order valence-electron chi connectivity index (χ4n) is 0.982. The van der Waals surface area contributed by atoms with Crippen molar-refractivity contribution in [2.75, 3.05) is 11.9 Å². The van der Waals surface area contributed by atoms with Crippen LogP contribution < -0.4 is 5.32 Å². The average molecular weight is 196 g/mol. The number of pyridine rings is 1. The maximum Gasteiger partial charge on any atom is 0.141 e. The Labute approximate surface area is 84.6 Å². The molecular weight excluding hydrogens is 179 g/mol. The predicted molar refractivity (Wildman–Crippen MR) is 56.7 cm³/mol. The molecule has 0 spiro atoms. The van der Waals surface area contributed by atoms with Crippen LogP contribution in [0.15, 0.2) is 18.3 Å². The van der Waals surface area contributed by atoms with Crippen LogP contribution in [0.25, 0.3) is 0 Å². The van der Waals surface area contributed by atoms with Gasteiger partial charge in [-0.1, -0.05) is 20.8 Å². The molecule has 3 heteroatoms. The van der Waals surface area contributed by atoms with Gasteiger partial charge in [0.2, 0.25) is 0 Å². The van der Waals surface area contributed by atoms with E-state index in [-0.39, 0.29) is 5.82 Å². The summed E-state index contributed by atoms with van der Waals surface area (Å²) in [4.78, 5) is 3.92. The molecule has 2 nitrogen and oxygen atoms in total. The van der Waals surface area contributed by atoms with Crippen molar-refractivity contribution in [2.24, 2.45) is 11.8 Å². The van der Waals surface area contributed by atoms with E-state index in [1.165, 1.54) is 12.3 Å². The minimum Gasteiger partial charge on any atom is -0.370 e. The van der Waals surface area contributed by atoms with Gasteiger partial charge >= 0.3 is 0 Å². The van der Waals surface area contributed by atoms with Gasteiger partial charge in [0.1, 0.15) is 11.6 Å². The first-order chi connectivity index (χ1) is 6.59. The molecule has 1 atom stereocenters. The highest BCUT2D eigenvalue weighted by Crippen LogP contribution is 2.11. The van der Waals surface area contributed by atoms with E-state index in [1.54, 1.807) is 6.07 Å². The lowest BCUT2D eigenvalue weighted by Gasteiger charge is -2.16. The van der Waals surface area contributed by atoms with Crippen LogP contribution in [0.3, 0.4) is 0 Å². The third-order valence-electron chi connectivity index (χ3n) is 2.47. The zero-order valence-electron chi connectivity index (χ0n) is 8.92. The lowest BCUT2D eigenvalue weighted by Crippen LogP contribution is -2.16. The molecule has 78 valence electrons. The molecule has 0 aliphatic rings.